The molecule has 0 aliphatic carbocycles. The van der Waals surface area contributed by atoms with Crippen LogP contribution in [-0.2, 0) is 9.53 Å². The maximum Gasteiger partial charge on any atom is 0.299 e. The van der Waals surface area contributed by atoms with Crippen molar-refractivity contribution in [2.75, 3.05) is 25.2 Å². The van der Waals surface area contributed by atoms with Crippen LogP contribution in [0.4, 0.5) is 5.69 Å². The Morgan fingerprint density at radius 2 is 1.84 bits per heavy atom. The minimum atomic E-state index is -0.589. The molecule has 2 rings (SSSR count). The van der Waals surface area contributed by atoms with E-state index in [1.54, 1.807) is 13.2 Å². The Balaban J connectivity index is 2.26. The molecule has 0 fully saturated rings. The number of rotatable bonds is 5. The molecule has 0 unspecified atom stereocenters. The number of fused-ring (bicyclic) bond motifs is 1. The number of carbonyl (C=O) groups excluding carboxylic acids is 2. The van der Waals surface area contributed by atoms with Gasteiger partial charge >= 0.3 is 0 Å². The molecule has 19 heavy (non-hydrogen) atoms. The predicted molar refractivity (Wildman–Crippen MR) is 74.3 cm³/mol. The number of carbonyl (C=O) groups is 2. The van der Waals surface area contributed by atoms with Crippen LogP contribution in [0.1, 0.15) is 23.2 Å². The van der Waals surface area contributed by atoms with Crippen LogP contribution in [0.2, 0.25) is 10.0 Å². The molecule has 4 nitrogen and oxygen atoms in total. The third-order valence-corrected chi connectivity index (χ3v) is 3.61. The van der Waals surface area contributed by atoms with E-state index in [1.165, 1.54) is 11.0 Å². The van der Waals surface area contributed by atoms with Gasteiger partial charge in [0.05, 0.1) is 21.3 Å². The summed E-state index contributed by atoms with van der Waals surface area (Å²) in [6, 6.07) is 3.12. The van der Waals surface area contributed by atoms with Crippen molar-refractivity contribution in [2.45, 2.75) is 12.8 Å². The molecule has 1 aromatic rings. The smallest absolute Gasteiger partial charge is 0.299 e. The molecular formula is C13H13Cl2NO3. The van der Waals surface area contributed by atoms with E-state index < -0.39 is 11.7 Å². The number of unbranched alkanes of at least 4 members (excludes halogenated alkanes) is 1. The summed E-state index contributed by atoms with van der Waals surface area (Å²) in [6.45, 7) is 1.05. The SMILES string of the molecule is COCCCCN1C(=O)C(=O)c2c(Cl)ccc(Cl)c21. The molecule has 6 heteroatoms. The zero-order valence-corrected chi connectivity index (χ0v) is 11.9. The normalized spacial score (nSPS) is 14.2. The number of ether oxygens (including phenoxy) is 1. The van der Waals surface area contributed by atoms with Crippen molar-refractivity contribution in [3.05, 3.63) is 27.7 Å². The molecule has 0 radical (unpaired) electrons. The monoisotopic (exact) mass is 301 g/mol. The van der Waals surface area contributed by atoms with Crippen LogP contribution >= 0.6 is 23.2 Å². The quantitative estimate of drug-likeness (QED) is 0.620. The van der Waals surface area contributed by atoms with Crippen molar-refractivity contribution in [3.63, 3.8) is 0 Å². The number of methoxy groups -OCH3 is 1. The molecule has 0 spiro atoms. The van der Waals surface area contributed by atoms with Crippen LogP contribution in [0.25, 0.3) is 0 Å². The average Bonchev–Trinajstić information content (AvgIpc) is 2.65. The van der Waals surface area contributed by atoms with Crippen molar-refractivity contribution < 1.29 is 14.3 Å². The third-order valence-electron chi connectivity index (χ3n) is 2.99. The summed E-state index contributed by atoms with van der Waals surface area (Å²) in [7, 11) is 1.62. The molecule has 102 valence electrons. The summed E-state index contributed by atoms with van der Waals surface area (Å²) >= 11 is 12.1. The summed E-state index contributed by atoms with van der Waals surface area (Å²) < 4.78 is 4.95. The molecular weight excluding hydrogens is 289 g/mol. The number of hydrogen-bond acceptors (Lipinski definition) is 3. The number of nitrogens with zero attached hydrogens (tertiary/aromatic N) is 1. The minimum absolute atomic E-state index is 0.214. The Hall–Kier alpha value is -1.10. The molecule has 0 saturated carbocycles. The Morgan fingerprint density at radius 1 is 1.16 bits per heavy atom. The summed E-state index contributed by atoms with van der Waals surface area (Å²) in [6.07, 6.45) is 1.54. The van der Waals surface area contributed by atoms with E-state index in [0.29, 0.717) is 23.9 Å². The molecule has 1 amide bonds. The Labute approximate surface area is 121 Å². The fraction of sp³-hybridized carbons (Fsp3) is 0.385. The third kappa shape index (κ3) is 2.61. The van der Waals surface area contributed by atoms with Crippen LogP contribution < -0.4 is 4.90 Å². The van der Waals surface area contributed by atoms with Gasteiger partial charge in [-0.05, 0) is 25.0 Å². The second-order valence-corrected chi connectivity index (χ2v) is 5.05. The first-order chi connectivity index (χ1) is 9.07. The summed E-state index contributed by atoms with van der Waals surface area (Å²) in [5, 5.41) is 0.627. The van der Waals surface area contributed by atoms with E-state index in [9.17, 15) is 9.59 Å². The molecule has 0 saturated heterocycles. The van der Waals surface area contributed by atoms with Gasteiger partial charge in [0.15, 0.2) is 0 Å². The number of ketones is 1. The van der Waals surface area contributed by atoms with Gasteiger partial charge in [0.1, 0.15) is 0 Å². The molecule has 0 bridgehead atoms. The zero-order chi connectivity index (χ0) is 14.0. The average molecular weight is 302 g/mol. The van der Waals surface area contributed by atoms with Gasteiger partial charge in [0.2, 0.25) is 0 Å². The zero-order valence-electron chi connectivity index (χ0n) is 10.4. The van der Waals surface area contributed by atoms with E-state index >= 15 is 0 Å². The number of halogens is 2. The van der Waals surface area contributed by atoms with Gasteiger partial charge in [-0.1, -0.05) is 23.2 Å². The topological polar surface area (TPSA) is 46.6 Å². The number of Topliss-reactive ketones (excluding diaryl/α,β-unsaturated/α-hetero) is 1. The van der Waals surface area contributed by atoms with E-state index in [1.807, 2.05) is 0 Å². The second-order valence-electron chi connectivity index (χ2n) is 4.24. The van der Waals surface area contributed by atoms with Gasteiger partial charge in [-0.3, -0.25) is 9.59 Å². The largest absolute Gasteiger partial charge is 0.385 e. The summed E-state index contributed by atoms with van der Waals surface area (Å²) in [5.41, 5.74) is 0.646. The van der Waals surface area contributed by atoms with Crippen molar-refractivity contribution in [3.8, 4) is 0 Å². The highest BCUT2D eigenvalue weighted by molar-refractivity contribution is 6.56. The lowest BCUT2D eigenvalue weighted by atomic mass is 10.1. The second kappa shape index (κ2) is 5.90. The van der Waals surface area contributed by atoms with E-state index in [-0.39, 0.29) is 10.6 Å². The van der Waals surface area contributed by atoms with Crippen LogP contribution in [0, 0.1) is 0 Å². The Bertz CT molecular complexity index is 531. The van der Waals surface area contributed by atoms with E-state index in [0.717, 1.165) is 12.8 Å². The number of benzene rings is 1. The molecule has 1 aliphatic heterocycles. The van der Waals surface area contributed by atoms with Crippen molar-refractivity contribution in [2.24, 2.45) is 0 Å². The first-order valence-electron chi connectivity index (χ1n) is 5.91. The van der Waals surface area contributed by atoms with Gasteiger partial charge in [0, 0.05) is 20.3 Å². The van der Waals surface area contributed by atoms with Gasteiger partial charge in [-0.2, -0.15) is 0 Å². The molecule has 1 aliphatic rings. The van der Waals surface area contributed by atoms with Crippen LogP contribution in [0.15, 0.2) is 12.1 Å². The lowest BCUT2D eigenvalue weighted by Gasteiger charge is -2.17. The lowest BCUT2D eigenvalue weighted by molar-refractivity contribution is -0.114. The van der Waals surface area contributed by atoms with E-state index in [4.69, 9.17) is 27.9 Å². The maximum absolute atomic E-state index is 12.0. The Morgan fingerprint density at radius 3 is 2.53 bits per heavy atom. The Kier molecular flexibility index (Phi) is 4.45. The standard InChI is InChI=1S/C13H13Cl2NO3/c1-19-7-3-2-6-16-11-9(15)5-4-8(14)10(11)12(17)13(16)18/h4-5H,2-3,6-7H2,1H3. The number of hydrogen-bond donors (Lipinski definition) is 0. The molecule has 1 aromatic carbocycles. The lowest BCUT2D eigenvalue weighted by Crippen LogP contribution is -2.30. The van der Waals surface area contributed by atoms with Gasteiger partial charge in [0.25, 0.3) is 11.7 Å². The van der Waals surface area contributed by atoms with Crippen LogP contribution in [0.3, 0.4) is 0 Å². The highest BCUT2D eigenvalue weighted by atomic mass is 35.5. The summed E-state index contributed by atoms with van der Waals surface area (Å²) in [5.74, 6) is -1.16. The first-order valence-corrected chi connectivity index (χ1v) is 6.66. The van der Waals surface area contributed by atoms with Gasteiger partial charge < -0.3 is 9.64 Å². The molecule has 1 heterocycles. The molecule has 0 N–H and O–H groups in total. The molecule has 0 aromatic heterocycles. The van der Waals surface area contributed by atoms with E-state index in [2.05, 4.69) is 0 Å². The number of amides is 1. The summed E-state index contributed by atoms with van der Waals surface area (Å²) in [4.78, 5) is 25.3. The first kappa shape index (κ1) is 14.3. The predicted octanol–water partition coefficient (Wildman–Crippen LogP) is 2.95. The van der Waals surface area contributed by atoms with Crippen molar-refractivity contribution in [1.82, 2.24) is 0 Å². The fourth-order valence-corrected chi connectivity index (χ4v) is 2.58. The van der Waals surface area contributed by atoms with Crippen LogP contribution in [-0.4, -0.2) is 32.0 Å². The van der Waals surface area contributed by atoms with Gasteiger partial charge in [-0.25, -0.2) is 0 Å². The number of anilines is 1. The minimum Gasteiger partial charge on any atom is -0.385 e. The fourth-order valence-electron chi connectivity index (χ4n) is 2.08. The van der Waals surface area contributed by atoms with Crippen LogP contribution in [0.5, 0.6) is 0 Å². The van der Waals surface area contributed by atoms with Crippen molar-refractivity contribution in [1.29, 1.82) is 0 Å². The maximum atomic E-state index is 12.0. The van der Waals surface area contributed by atoms with Crippen molar-refractivity contribution >= 4 is 40.6 Å². The highest BCUT2D eigenvalue weighted by Crippen LogP contribution is 2.39. The highest BCUT2D eigenvalue weighted by Gasteiger charge is 2.38. The molecule has 0 atom stereocenters. The van der Waals surface area contributed by atoms with Gasteiger partial charge in [-0.15, -0.1) is 0 Å².